The van der Waals surface area contributed by atoms with Gasteiger partial charge in [0.15, 0.2) is 0 Å². The van der Waals surface area contributed by atoms with Crippen LogP contribution in [-0.2, 0) is 0 Å². The van der Waals surface area contributed by atoms with Crippen LogP contribution in [0.15, 0.2) is 0 Å². The molecule has 0 saturated carbocycles. The molecule has 1 atom stereocenters. The molecule has 1 N–H and O–H groups in total. The number of hydrogen-bond donors (Lipinski definition) is 1. The van der Waals surface area contributed by atoms with Crippen LogP contribution in [0.1, 0.15) is 34.1 Å². The van der Waals surface area contributed by atoms with E-state index in [1.165, 1.54) is 0 Å². The quantitative estimate of drug-likeness (QED) is 0.724. The van der Waals surface area contributed by atoms with E-state index in [1.807, 2.05) is 11.8 Å². The number of carbonyl (C=O) groups is 1. The van der Waals surface area contributed by atoms with E-state index in [2.05, 4.69) is 26.1 Å². The van der Waals surface area contributed by atoms with Gasteiger partial charge in [-0.25, -0.2) is 4.79 Å². The normalized spacial score (nSPS) is 27.1. The molecule has 1 heterocycles. The Bertz CT molecular complexity index is 215. The Morgan fingerprint density at radius 1 is 1.57 bits per heavy atom. The van der Waals surface area contributed by atoms with Crippen molar-refractivity contribution in [3.63, 3.8) is 0 Å². The second kappa shape index (κ2) is 4.20. The summed E-state index contributed by atoms with van der Waals surface area (Å²) in [6.45, 7) is 11.2. The standard InChI is InChI=1S/C11H22N2O/c1-5-12-10(14)13-7-6-11(4,8-13)9(2)3/h9H,5-8H2,1-4H3,(H,12,14)/t11-/m0/s1. The van der Waals surface area contributed by atoms with Gasteiger partial charge in [0.05, 0.1) is 0 Å². The fourth-order valence-corrected chi connectivity index (χ4v) is 1.89. The highest BCUT2D eigenvalue weighted by Gasteiger charge is 2.37. The van der Waals surface area contributed by atoms with Gasteiger partial charge in [-0.05, 0) is 24.7 Å². The molecular formula is C11H22N2O. The first-order valence-corrected chi connectivity index (χ1v) is 5.52. The van der Waals surface area contributed by atoms with Gasteiger partial charge in [-0.3, -0.25) is 0 Å². The highest BCUT2D eigenvalue weighted by molar-refractivity contribution is 5.74. The monoisotopic (exact) mass is 198 g/mol. The number of hydrogen-bond acceptors (Lipinski definition) is 1. The summed E-state index contributed by atoms with van der Waals surface area (Å²) in [5.74, 6) is 0.641. The molecule has 3 nitrogen and oxygen atoms in total. The number of amides is 2. The summed E-state index contributed by atoms with van der Waals surface area (Å²) in [7, 11) is 0. The lowest BCUT2D eigenvalue weighted by Gasteiger charge is -2.28. The van der Waals surface area contributed by atoms with Gasteiger partial charge < -0.3 is 10.2 Å². The topological polar surface area (TPSA) is 32.3 Å². The first-order valence-electron chi connectivity index (χ1n) is 5.52. The Morgan fingerprint density at radius 2 is 2.21 bits per heavy atom. The Morgan fingerprint density at radius 3 is 2.64 bits per heavy atom. The minimum Gasteiger partial charge on any atom is -0.338 e. The first-order chi connectivity index (χ1) is 6.49. The zero-order valence-corrected chi connectivity index (χ0v) is 9.76. The maximum absolute atomic E-state index is 11.6. The maximum Gasteiger partial charge on any atom is 0.317 e. The molecule has 1 saturated heterocycles. The van der Waals surface area contributed by atoms with E-state index in [9.17, 15) is 4.79 Å². The summed E-state index contributed by atoms with van der Waals surface area (Å²) in [6.07, 6.45) is 1.13. The van der Waals surface area contributed by atoms with Gasteiger partial charge in [0.1, 0.15) is 0 Å². The molecule has 1 fully saturated rings. The second-order valence-corrected chi connectivity index (χ2v) is 4.82. The number of nitrogens with zero attached hydrogens (tertiary/aromatic N) is 1. The molecule has 0 aromatic carbocycles. The maximum atomic E-state index is 11.6. The Balaban J connectivity index is 2.52. The van der Waals surface area contributed by atoms with Gasteiger partial charge in [-0.2, -0.15) is 0 Å². The smallest absolute Gasteiger partial charge is 0.317 e. The molecule has 0 aromatic rings. The van der Waals surface area contributed by atoms with E-state index in [0.29, 0.717) is 17.9 Å². The second-order valence-electron chi connectivity index (χ2n) is 4.82. The zero-order chi connectivity index (χ0) is 10.8. The average molecular weight is 198 g/mol. The molecule has 2 amide bonds. The molecule has 3 heteroatoms. The van der Waals surface area contributed by atoms with Crippen LogP contribution in [0.4, 0.5) is 4.79 Å². The summed E-state index contributed by atoms with van der Waals surface area (Å²) in [6, 6.07) is 0.0943. The number of likely N-dealkylation sites (tertiary alicyclic amines) is 1. The van der Waals surface area contributed by atoms with E-state index >= 15 is 0 Å². The third-order valence-corrected chi connectivity index (χ3v) is 3.51. The van der Waals surface area contributed by atoms with Gasteiger partial charge in [0.2, 0.25) is 0 Å². The van der Waals surface area contributed by atoms with E-state index in [4.69, 9.17) is 0 Å². The van der Waals surface area contributed by atoms with Crippen LogP contribution in [-0.4, -0.2) is 30.6 Å². The third-order valence-electron chi connectivity index (χ3n) is 3.51. The van der Waals surface area contributed by atoms with Crippen molar-refractivity contribution in [3.05, 3.63) is 0 Å². The van der Waals surface area contributed by atoms with E-state index < -0.39 is 0 Å². The average Bonchev–Trinajstić information content (AvgIpc) is 2.50. The van der Waals surface area contributed by atoms with Crippen LogP contribution in [0, 0.1) is 11.3 Å². The highest BCUT2D eigenvalue weighted by atomic mass is 16.2. The molecule has 0 unspecified atom stereocenters. The van der Waals surface area contributed by atoms with Crippen molar-refractivity contribution in [2.24, 2.45) is 11.3 Å². The Kier molecular flexibility index (Phi) is 3.40. The van der Waals surface area contributed by atoms with Crippen molar-refractivity contribution in [2.75, 3.05) is 19.6 Å². The van der Waals surface area contributed by atoms with E-state index in [0.717, 1.165) is 19.5 Å². The van der Waals surface area contributed by atoms with E-state index in [1.54, 1.807) is 0 Å². The number of carbonyl (C=O) groups excluding carboxylic acids is 1. The van der Waals surface area contributed by atoms with Gasteiger partial charge in [0.25, 0.3) is 0 Å². The predicted octanol–water partition coefficient (Wildman–Crippen LogP) is 2.08. The SMILES string of the molecule is CCNC(=O)N1CC[C@](C)(C(C)C)C1. The Hall–Kier alpha value is -0.730. The molecular weight excluding hydrogens is 176 g/mol. The summed E-state index contributed by atoms with van der Waals surface area (Å²) in [5, 5.41) is 2.85. The zero-order valence-electron chi connectivity index (χ0n) is 9.76. The van der Waals surface area contributed by atoms with Gasteiger partial charge >= 0.3 is 6.03 Å². The van der Waals surface area contributed by atoms with Crippen molar-refractivity contribution in [1.82, 2.24) is 10.2 Å². The third kappa shape index (κ3) is 2.20. The molecule has 0 spiro atoms. The summed E-state index contributed by atoms with van der Waals surface area (Å²) >= 11 is 0. The molecule has 0 radical (unpaired) electrons. The largest absolute Gasteiger partial charge is 0.338 e. The number of urea groups is 1. The van der Waals surface area contributed by atoms with Gasteiger partial charge in [0, 0.05) is 19.6 Å². The number of nitrogens with one attached hydrogen (secondary N) is 1. The number of rotatable bonds is 2. The molecule has 1 aliphatic rings. The van der Waals surface area contributed by atoms with Crippen LogP contribution in [0.2, 0.25) is 0 Å². The minimum absolute atomic E-state index is 0.0943. The van der Waals surface area contributed by atoms with Crippen molar-refractivity contribution in [2.45, 2.75) is 34.1 Å². The summed E-state index contributed by atoms with van der Waals surface area (Å²) < 4.78 is 0. The minimum atomic E-state index is 0.0943. The lowest BCUT2D eigenvalue weighted by molar-refractivity contribution is 0.189. The molecule has 0 aromatic heterocycles. The predicted molar refractivity (Wildman–Crippen MR) is 58.2 cm³/mol. The van der Waals surface area contributed by atoms with Crippen LogP contribution in [0.3, 0.4) is 0 Å². The van der Waals surface area contributed by atoms with Gasteiger partial charge in [-0.1, -0.05) is 20.8 Å². The molecule has 0 aliphatic carbocycles. The molecule has 82 valence electrons. The fraction of sp³-hybridized carbons (Fsp3) is 0.909. The molecule has 0 bridgehead atoms. The summed E-state index contributed by atoms with van der Waals surface area (Å²) in [5.41, 5.74) is 0.311. The first kappa shape index (κ1) is 11.3. The molecule has 1 rings (SSSR count). The van der Waals surface area contributed by atoms with Crippen molar-refractivity contribution >= 4 is 6.03 Å². The van der Waals surface area contributed by atoms with Crippen LogP contribution >= 0.6 is 0 Å². The lowest BCUT2D eigenvalue weighted by Crippen LogP contribution is -2.40. The lowest BCUT2D eigenvalue weighted by atomic mass is 9.79. The Labute approximate surface area is 86.9 Å². The highest BCUT2D eigenvalue weighted by Crippen LogP contribution is 2.36. The fourth-order valence-electron chi connectivity index (χ4n) is 1.89. The molecule has 1 aliphatic heterocycles. The summed E-state index contributed by atoms with van der Waals surface area (Å²) in [4.78, 5) is 13.5. The van der Waals surface area contributed by atoms with Crippen LogP contribution in [0.5, 0.6) is 0 Å². The van der Waals surface area contributed by atoms with Crippen LogP contribution in [0.25, 0.3) is 0 Å². The van der Waals surface area contributed by atoms with Crippen LogP contribution < -0.4 is 5.32 Å². The van der Waals surface area contributed by atoms with Gasteiger partial charge in [-0.15, -0.1) is 0 Å². The molecule has 14 heavy (non-hydrogen) atoms. The van der Waals surface area contributed by atoms with Crippen molar-refractivity contribution < 1.29 is 4.79 Å². The van der Waals surface area contributed by atoms with E-state index in [-0.39, 0.29) is 6.03 Å². The van der Waals surface area contributed by atoms with Crippen molar-refractivity contribution in [3.8, 4) is 0 Å². The van der Waals surface area contributed by atoms with Crippen molar-refractivity contribution in [1.29, 1.82) is 0 Å².